The summed E-state index contributed by atoms with van der Waals surface area (Å²) < 4.78 is 0. The van der Waals surface area contributed by atoms with Crippen LogP contribution in [-0.4, -0.2) is 32.6 Å². The van der Waals surface area contributed by atoms with Crippen molar-refractivity contribution in [2.24, 2.45) is 0 Å². The average molecular weight is 205 g/mol. The topological polar surface area (TPSA) is 27.5 Å². The molecule has 1 saturated heterocycles. The fourth-order valence-electron chi connectivity index (χ4n) is 0.946. The molecule has 2 nitrogen and oxygen atoms in total. The fraction of sp³-hybridized carbons (Fsp3) is 1.00. The van der Waals surface area contributed by atoms with Crippen molar-refractivity contribution in [3.8, 4) is 0 Å². The molecule has 4 heteroatoms. The first-order valence-electron chi connectivity index (χ1n) is 3.18. The summed E-state index contributed by atoms with van der Waals surface area (Å²) in [5, 5.41) is 10.9. The maximum atomic E-state index is 10.5. The first-order valence-corrected chi connectivity index (χ1v) is 7.08. The first kappa shape index (κ1) is 10.2. The molecule has 49 valence electrons. The van der Waals surface area contributed by atoms with Crippen molar-refractivity contribution in [3.63, 3.8) is 0 Å². The molecule has 0 atom stereocenters. The minimum Gasteiger partial charge on any atom is -0.634 e. The number of hydrogen-bond acceptors (Lipinski definition) is 1. The lowest BCUT2D eigenvalue weighted by Gasteiger charge is -2.25. The summed E-state index contributed by atoms with van der Waals surface area (Å²) >= 11 is 4.64. The Labute approximate surface area is 74.9 Å². The second-order valence-corrected chi connectivity index (χ2v) is 2.10. The summed E-state index contributed by atoms with van der Waals surface area (Å²) in [7, 11) is 0. The lowest BCUT2D eigenvalue weighted by atomic mass is 10.2. The number of hydrogen-bond donors (Lipinski definition) is 1. The van der Waals surface area contributed by atoms with Gasteiger partial charge in [-0.3, -0.25) is 0 Å². The van der Waals surface area contributed by atoms with E-state index in [1.165, 1.54) is 6.42 Å². The molecule has 1 N–H and O–H groups in total. The third-order valence-electron chi connectivity index (χ3n) is 1.41. The van der Waals surface area contributed by atoms with Crippen molar-refractivity contribution in [3.05, 3.63) is 5.21 Å². The second-order valence-electron chi connectivity index (χ2n) is 2.10. The fourth-order valence-corrected chi connectivity index (χ4v) is 0.946. The molecule has 1 fully saturated rings. The van der Waals surface area contributed by atoms with Crippen LogP contribution in [0.4, 0.5) is 0 Å². The van der Waals surface area contributed by atoms with Crippen LogP contribution in [0.25, 0.3) is 0 Å². The lowest BCUT2D eigenvalue weighted by Crippen LogP contribution is -3.07. The molecule has 1 aliphatic heterocycles. The van der Waals surface area contributed by atoms with Crippen LogP contribution in [0.3, 0.4) is 0 Å². The third kappa shape index (κ3) is 5.60. The van der Waals surface area contributed by atoms with Gasteiger partial charge in [-0.05, 0) is 19.3 Å². The molecule has 1 aliphatic rings. The Morgan fingerprint density at radius 1 is 1.11 bits per heavy atom. The molecule has 0 unspecified atom stereocenters. The maximum absolute atomic E-state index is 10.5. The Balaban J connectivity index is 0.000000291. The van der Waals surface area contributed by atoms with E-state index in [1.807, 2.05) is 0 Å². The van der Waals surface area contributed by atoms with Gasteiger partial charge in [-0.25, -0.2) is 0 Å². The number of nitrogens with one attached hydrogen (secondary N) is 1. The smallest absolute Gasteiger partial charge is 0.634 e. The van der Waals surface area contributed by atoms with E-state index in [2.05, 4.69) is 12.9 Å². The third-order valence-corrected chi connectivity index (χ3v) is 1.41. The predicted molar refractivity (Wildman–Crippen MR) is 42.6 cm³/mol. The monoisotopic (exact) mass is 204 g/mol. The van der Waals surface area contributed by atoms with Crippen molar-refractivity contribution < 1.29 is 5.06 Å². The summed E-state index contributed by atoms with van der Waals surface area (Å²) in [5.74, 6) is 0. The van der Waals surface area contributed by atoms with Gasteiger partial charge in [0.05, 0.1) is 13.1 Å². The van der Waals surface area contributed by atoms with Gasteiger partial charge in [-0.1, -0.05) is 0 Å². The highest BCUT2D eigenvalue weighted by molar-refractivity contribution is 9.22. The highest BCUT2D eigenvalue weighted by Gasteiger charge is 2.13. The molecule has 0 spiro atoms. The van der Waals surface area contributed by atoms with Gasteiger partial charge in [0, 0.05) is 0 Å². The molecular weight excluding hydrogens is 194 g/mol. The zero-order valence-electron chi connectivity index (χ0n) is 5.53. The van der Waals surface area contributed by atoms with E-state index in [-0.39, 0.29) is 0 Å². The molecule has 0 aliphatic carbocycles. The van der Waals surface area contributed by atoms with Gasteiger partial charge in [-0.15, -0.1) is 0 Å². The minimum absolute atomic E-state index is 0.464. The Morgan fingerprint density at radius 3 is 1.78 bits per heavy atom. The molecule has 0 bridgehead atoms. The summed E-state index contributed by atoms with van der Waals surface area (Å²) in [4.78, 5) is 0. The molecule has 9 heavy (non-hydrogen) atoms. The van der Waals surface area contributed by atoms with Gasteiger partial charge in [0.25, 0.3) is 0 Å². The molecule has 1 heterocycles. The minimum atomic E-state index is 0.464. The SMILES string of the molecule is [Mg+2][Br].[O-][NH+]1CCCCC1. The molecule has 0 aromatic heterocycles. The summed E-state index contributed by atoms with van der Waals surface area (Å²) in [6.07, 6.45) is 3.55. The van der Waals surface area contributed by atoms with Crippen LogP contribution in [0.2, 0.25) is 0 Å². The molecule has 7 radical (unpaired) electrons. The summed E-state index contributed by atoms with van der Waals surface area (Å²) in [5.41, 5.74) is 0. The predicted octanol–water partition coefficient (Wildman–Crippen LogP) is 0.0178. The van der Waals surface area contributed by atoms with E-state index in [4.69, 9.17) is 0 Å². The highest BCUT2D eigenvalue weighted by atomic mass is 79.9. The van der Waals surface area contributed by atoms with Crippen LogP contribution >= 0.6 is 12.9 Å². The quantitative estimate of drug-likeness (QED) is 0.438. The molecule has 0 amide bonds. The van der Waals surface area contributed by atoms with Crippen LogP contribution < -0.4 is 5.06 Å². The van der Waals surface area contributed by atoms with Gasteiger partial charge in [0.1, 0.15) is 0 Å². The van der Waals surface area contributed by atoms with Crippen LogP contribution in [0.1, 0.15) is 19.3 Å². The Hall–Kier alpha value is 1.17. The number of halogens is 1. The van der Waals surface area contributed by atoms with Crippen molar-refractivity contribution >= 4 is 32.4 Å². The molecular formula is C5H11BrMgNO+2. The second kappa shape index (κ2) is 7.28. The van der Waals surface area contributed by atoms with Gasteiger partial charge >= 0.3 is 32.4 Å². The van der Waals surface area contributed by atoms with E-state index in [9.17, 15) is 5.21 Å². The normalized spacial score (nSPS) is 20.3. The summed E-state index contributed by atoms with van der Waals surface area (Å²) in [6, 6.07) is 0. The van der Waals surface area contributed by atoms with Gasteiger partial charge in [0.15, 0.2) is 0 Å². The molecule has 0 saturated carbocycles. The summed E-state index contributed by atoms with van der Waals surface area (Å²) in [6.45, 7) is 1.69. The van der Waals surface area contributed by atoms with E-state index in [0.717, 1.165) is 25.9 Å². The van der Waals surface area contributed by atoms with Crippen molar-refractivity contribution in [1.82, 2.24) is 0 Å². The molecule has 0 aromatic carbocycles. The van der Waals surface area contributed by atoms with Crippen LogP contribution in [0, 0.1) is 5.21 Å². The van der Waals surface area contributed by atoms with E-state index >= 15 is 0 Å². The maximum Gasteiger partial charge on any atom is 1.52 e. The van der Waals surface area contributed by atoms with E-state index in [0.29, 0.717) is 5.06 Å². The number of quaternary nitrogens is 1. The number of rotatable bonds is 0. The lowest BCUT2D eigenvalue weighted by molar-refractivity contribution is -0.853. The zero-order chi connectivity index (χ0) is 7.11. The average Bonchev–Trinajstić information content (AvgIpc) is 1.94. The van der Waals surface area contributed by atoms with Crippen LogP contribution in [-0.2, 0) is 0 Å². The number of hydroxylamine groups is 2. The Bertz CT molecular complexity index is 58.9. The highest BCUT2D eigenvalue weighted by Crippen LogP contribution is 1.93. The van der Waals surface area contributed by atoms with Crippen LogP contribution in [0.15, 0.2) is 0 Å². The molecule has 0 aromatic rings. The Morgan fingerprint density at radius 2 is 1.56 bits per heavy atom. The first-order chi connectivity index (χ1) is 4.39. The van der Waals surface area contributed by atoms with E-state index in [1.54, 1.807) is 19.5 Å². The van der Waals surface area contributed by atoms with Crippen molar-refractivity contribution in [1.29, 1.82) is 0 Å². The molecule has 1 rings (SSSR count). The largest absolute Gasteiger partial charge is 1.52 e. The standard InChI is InChI=1S/C5H11NO.BrH.Mg/c7-6-4-2-1-3-5-6;;/h6H,1-5H2;1H;/q;;+3/p-1. The van der Waals surface area contributed by atoms with Crippen LogP contribution in [0.5, 0.6) is 0 Å². The number of piperidine rings is 1. The van der Waals surface area contributed by atoms with Crippen molar-refractivity contribution in [2.45, 2.75) is 19.3 Å². The van der Waals surface area contributed by atoms with Gasteiger partial charge in [-0.2, -0.15) is 0 Å². The van der Waals surface area contributed by atoms with E-state index < -0.39 is 0 Å². The Kier molecular flexibility index (Phi) is 8.22. The zero-order valence-corrected chi connectivity index (χ0v) is 8.53. The van der Waals surface area contributed by atoms with Gasteiger partial charge in [0.2, 0.25) is 0 Å². The van der Waals surface area contributed by atoms with Gasteiger partial charge < -0.3 is 10.3 Å². The van der Waals surface area contributed by atoms with Crippen molar-refractivity contribution in [2.75, 3.05) is 13.1 Å².